The molecule has 0 fully saturated rings. The number of carbonyl (C=O) groups excluding carboxylic acids is 1. The first-order valence-electron chi connectivity index (χ1n) is 2.75. The molecule has 0 radical (unpaired) electrons. The van der Waals surface area contributed by atoms with Gasteiger partial charge in [-0.15, -0.1) is 0 Å². The molecule has 0 aliphatic rings. The molecule has 0 bridgehead atoms. The Morgan fingerprint density at radius 3 is 2.78 bits per heavy atom. The van der Waals surface area contributed by atoms with E-state index in [4.69, 9.17) is 4.74 Å². The van der Waals surface area contributed by atoms with Crippen molar-refractivity contribution in [2.75, 3.05) is 13.7 Å². The maximum atomic E-state index is 10.3. The smallest absolute Gasteiger partial charge is 0.366 e. The van der Waals surface area contributed by atoms with Gasteiger partial charge in [-0.3, -0.25) is 4.84 Å². The Morgan fingerprint density at radius 2 is 2.33 bits per heavy atom. The number of hydrogen-bond donors (Lipinski definition) is 1. The fourth-order valence-corrected chi connectivity index (χ4v) is 0.433. The van der Waals surface area contributed by atoms with Crippen LogP contribution in [0.25, 0.3) is 0 Å². The highest BCUT2D eigenvalue weighted by Crippen LogP contribution is 1.88. The summed E-state index contributed by atoms with van der Waals surface area (Å²) in [6, 6.07) is 0. The molecule has 4 heteroatoms. The average molecular weight is 134 g/mol. The molecule has 9 heavy (non-hydrogen) atoms. The zero-order valence-electron chi connectivity index (χ0n) is 5.55. The van der Waals surface area contributed by atoms with Crippen LogP contribution in [0.4, 0.5) is 0 Å². The van der Waals surface area contributed by atoms with E-state index < -0.39 is 0 Å². The van der Waals surface area contributed by atoms with Gasteiger partial charge in [0.05, 0.1) is 6.42 Å². The third kappa shape index (κ3) is 5.26. The van der Waals surface area contributed by atoms with Gasteiger partial charge in [0, 0.05) is 13.7 Å². The zero-order valence-corrected chi connectivity index (χ0v) is 5.55. The molecule has 0 unspecified atom stereocenters. The minimum absolute atomic E-state index is 0.285. The third-order valence-electron chi connectivity index (χ3n) is 0.890. The van der Waals surface area contributed by atoms with E-state index in [-0.39, 0.29) is 5.97 Å². The van der Waals surface area contributed by atoms with Crippen LogP contribution >= 0.6 is 0 Å². The Kier molecular flexibility index (Phi) is 5.15. The van der Waals surface area contributed by atoms with E-state index in [1.54, 1.807) is 7.11 Å². The van der Waals surface area contributed by atoms with Crippen LogP contribution in [0.3, 0.4) is 0 Å². The maximum Gasteiger partial charge on any atom is 0.366 e. The molecule has 0 atom stereocenters. The maximum absolute atomic E-state index is 10.3. The summed E-state index contributed by atoms with van der Waals surface area (Å²) in [6.45, 7) is 0.592. The van der Waals surface area contributed by atoms with Crippen LogP contribution in [0.15, 0.2) is 0 Å². The predicted molar refractivity (Wildman–Crippen MR) is 30.1 cm³/mol. The van der Waals surface area contributed by atoms with Gasteiger partial charge in [0.2, 0.25) is 0 Å². The second kappa shape index (κ2) is 5.53. The molecule has 0 heterocycles. The second-order valence-electron chi connectivity index (χ2n) is 1.61. The quantitative estimate of drug-likeness (QED) is 0.401. The van der Waals surface area contributed by atoms with Gasteiger partial charge in [-0.1, -0.05) is 0 Å². The summed E-state index contributed by atoms with van der Waals surface area (Å²) in [6.07, 6.45) is 1.09. The molecule has 0 aromatic carbocycles. The number of hydrogen-bond acceptors (Lipinski definition) is 3. The Hall–Kier alpha value is -0.610. The molecule has 0 rings (SSSR count). The van der Waals surface area contributed by atoms with E-state index in [0.29, 0.717) is 19.4 Å². The molecule has 0 amide bonds. The van der Waals surface area contributed by atoms with E-state index in [1.807, 2.05) is 0 Å². The van der Waals surface area contributed by atoms with Gasteiger partial charge in [0.25, 0.3) is 0 Å². The Labute approximate surface area is 53.9 Å². The molecular formula is C5H12NO3+. The lowest BCUT2D eigenvalue weighted by atomic mass is 10.3. The molecule has 0 aliphatic carbocycles. The van der Waals surface area contributed by atoms with Crippen LogP contribution in [-0.2, 0) is 14.4 Å². The summed E-state index contributed by atoms with van der Waals surface area (Å²) in [5, 5.41) is 0. The second-order valence-corrected chi connectivity index (χ2v) is 1.61. The highest BCUT2D eigenvalue weighted by atomic mass is 16.7. The molecule has 0 aromatic rings. The highest BCUT2D eigenvalue weighted by Gasteiger charge is 2.00. The monoisotopic (exact) mass is 134 g/mol. The van der Waals surface area contributed by atoms with Gasteiger partial charge < -0.3 is 4.74 Å². The van der Waals surface area contributed by atoms with E-state index in [9.17, 15) is 4.79 Å². The minimum atomic E-state index is -0.285. The lowest BCUT2D eigenvalue weighted by molar-refractivity contribution is -0.657. The van der Waals surface area contributed by atoms with Crippen LogP contribution in [-0.4, -0.2) is 19.7 Å². The number of methoxy groups -OCH3 is 1. The Balaban J connectivity index is 2.97. The Bertz CT molecular complexity index is 84.3. The van der Waals surface area contributed by atoms with Crippen LogP contribution in [0.5, 0.6) is 0 Å². The largest absolute Gasteiger partial charge is 0.385 e. The molecule has 0 aromatic heterocycles. The summed E-state index contributed by atoms with van der Waals surface area (Å²) in [5.74, 6) is 2.69. The fourth-order valence-electron chi connectivity index (χ4n) is 0.433. The van der Waals surface area contributed by atoms with E-state index in [1.165, 1.54) is 0 Å². The number of rotatable bonds is 4. The third-order valence-corrected chi connectivity index (χ3v) is 0.890. The number of quaternary nitrogens is 1. The molecule has 0 aliphatic heterocycles. The molecule has 0 saturated heterocycles. The SMILES string of the molecule is COCCCC(=O)O[NH3+]. The first kappa shape index (κ1) is 8.39. The molecular weight excluding hydrogens is 122 g/mol. The number of ether oxygens (including phenoxy) is 1. The van der Waals surface area contributed by atoms with E-state index in [2.05, 4.69) is 10.7 Å². The summed E-state index contributed by atoms with van der Waals surface area (Å²) in [5.41, 5.74) is 0. The average Bonchev–Trinajstić information content (AvgIpc) is 1.89. The normalized spacial score (nSPS) is 9.11. The predicted octanol–water partition coefficient (Wildman–Crippen LogP) is -0.887. The lowest BCUT2D eigenvalue weighted by Gasteiger charge is -1.93. The van der Waals surface area contributed by atoms with Crippen molar-refractivity contribution in [1.82, 2.24) is 0 Å². The molecule has 0 spiro atoms. The van der Waals surface area contributed by atoms with Crippen molar-refractivity contribution >= 4 is 5.97 Å². The summed E-state index contributed by atoms with van der Waals surface area (Å²) >= 11 is 0. The zero-order chi connectivity index (χ0) is 7.11. The van der Waals surface area contributed by atoms with Crippen LogP contribution < -0.4 is 5.90 Å². The molecule has 3 N–H and O–H groups in total. The van der Waals surface area contributed by atoms with Crippen LogP contribution in [0.1, 0.15) is 12.8 Å². The first-order chi connectivity index (χ1) is 4.31. The molecule has 54 valence electrons. The summed E-state index contributed by atoms with van der Waals surface area (Å²) < 4.78 is 4.71. The van der Waals surface area contributed by atoms with Crippen LogP contribution in [0.2, 0.25) is 0 Å². The summed E-state index contributed by atoms with van der Waals surface area (Å²) in [7, 11) is 1.59. The van der Waals surface area contributed by atoms with Crippen molar-refractivity contribution in [2.24, 2.45) is 0 Å². The van der Waals surface area contributed by atoms with Crippen molar-refractivity contribution < 1.29 is 20.3 Å². The van der Waals surface area contributed by atoms with Gasteiger partial charge in [0.15, 0.2) is 0 Å². The van der Waals surface area contributed by atoms with Crippen molar-refractivity contribution in [3.63, 3.8) is 0 Å². The van der Waals surface area contributed by atoms with Gasteiger partial charge in [-0.2, -0.15) is 5.90 Å². The van der Waals surface area contributed by atoms with E-state index >= 15 is 0 Å². The van der Waals surface area contributed by atoms with Crippen molar-refractivity contribution in [1.29, 1.82) is 0 Å². The van der Waals surface area contributed by atoms with E-state index in [0.717, 1.165) is 0 Å². The highest BCUT2D eigenvalue weighted by molar-refractivity contribution is 5.68. The van der Waals surface area contributed by atoms with Crippen LogP contribution in [0, 0.1) is 0 Å². The van der Waals surface area contributed by atoms with Gasteiger partial charge in [-0.25, -0.2) is 4.79 Å². The minimum Gasteiger partial charge on any atom is -0.385 e. The summed E-state index contributed by atoms with van der Waals surface area (Å²) in [4.78, 5) is 14.5. The van der Waals surface area contributed by atoms with Gasteiger partial charge in [0.1, 0.15) is 0 Å². The topological polar surface area (TPSA) is 63.2 Å². The number of carbonyl (C=O) groups is 1. The lowest BCUT2D eigenvalue weighted by Crippen LogP contribution is -2.51. The molecule has 0 saturated carbocycles. The standard InChI is InChI=1S/C5H12NO3/c1-8-4-2-3-5(7)9-6/h2-4H2,1,6H3/q+1. The van der Waals surface area contributed by atoms with Gasteiger partial charge >= 0.3 is 5.97 Å². The Morgan fingerprint density at radius 1 is 1.67 bits per heavy atom. The fraction of sp³-hybridized carbons (Fsp3) is 0.800. The van der Waals surface area contributed by atoms with Crippen molar-refractivity contribution in [3.05, 3.63) is 0 Å². The van der Waals surface area contributed by atoms with Gasteiger partial charge in [-0.05, 0) is 6.42 Å². The first-order valence-corrected chi connectivity index (χ1v) is 2.75. The van der Waals surface area contributed by atoms with Crippen molar-refractivity contribution in [2.45, 2.75) is 12.8 Å². The molecule has 4 nitrogen and oxygen atoms in total. The van der Waals surface area contributed by atoms with Crippen molar-refractivity contribution in [3.8, 4) is 0 Å².